The normalized spacial score (nSPS) is 11.0. The van der Waals surface area contributed by atoms with Crippen LogP contribution in [0.2, 0.25) is 0 Å². The Bertz CT molecular complexity index is 1500. The predicted molar refractivity (Wildman–Crippen MR) is 227 cm³/mol. The van der Waals surface area contributed by atoms with Crippen LogP contribution in [0.5, 0.6) is 0 Å². The van der Waals surface area contributed by atoms with Crippen molar-refractivity contribution in [1.82, 2.24) is 40.9 Å². The van der Waals surface area contributed by atoms with Crippen LogP contribution in [-0.4, -0.2) is 175 Å². The second-order valence-electron chi connectivity index (χ2n) is 14.4. The summed E-state index contributed by atoms with van der Waals surface area (Å²) >= 11 is 0. The summed E-state index contributed by atoms with van der Waals surface area (Å²) in [5, 5.41) is 11.2. The molecule has 2 unspecified atom stereocenters. The van der Waals surface area contributed by atoms with Crippen LogP contribution in [0.25, 0.3) is 0 Å². The van der Waals surface area contributed by atoms with Gasteiger partial charge in [0.15, 0.2) is 17.7 Å². The van der Waals surface area contributed by atoms with Crippen molar-refractivity contribution in [2.45, 2.75) is 71.5 Å². The average Bonchev–Trinajstić information content (AvgIpc) is 3.14. The van der Waals surface area contributed by atoms with Gasteiger partial charge < -0.3 is 111 Å². The zero-order chi connectivity index (χ0) is 45.9. The Morgan fingerprint density at radius 1 is 0.531 bits per heavy atom. The van der Waals surface area contributed by atoms with E-state index in [4.69, 9.17) is 22.9 Å². The molecule has 4 radical (unpaired) electrons. The summed E-state index contributed by atoms with van der Waals surface area (Å²) in [7, 11) is 0. The van der Waals surface area contributed by atoms with Crippen molar-refractivity contribution in [3.05, 3.63) is 27.7 Å². The second kappa shape index (κ2) is 39.1. The van der Waals surface area contributed by atoms with Crippen LogP contribution < -0.4 is 44.2 Å². The standard InChI is InChI=1S/C38H68N14O8.4Nb/c1-25(2)33(57)23-49(27(5)53)19-15-45-36(60)32(12-10-14-48-38(41)42)52(30(8)56)22-18-44-34(58)24-50(28(6)54)20-16-46-35(59)31(11-9-13-47-37(39)40)51(29(7)55)21-17-43-26(3)4;;;;/h25-26,31-32,43H,5-24H2,1-4H3,(H,44,58)(H,45,60)(H,46,59)(H4,39,40,47)(H4,41,42,48);;;;/q-4;;;;. The van der Waals surface area contributed by atoms with Gasteiger partial charge in [-0.05, 0) is 25.7 Å². The third kappa shape index (κ3) is 31.7. The minimum atomic E-state index is -1.08. The second-order valence-corrected chi connectivity index (χ2v) is 14.4. The fraction of sp³-hybridized carbons (Fsp3) is 0.632. The molecular formula is C38H68N14Nb4O8-4. The summed E-state index contributed by atoms with van der Waals surface area (Å²) < 4.78 is 0. The van der Waals surface area contributed by atoms with Gasteiger partial charge in [0.1, 0.15) is 12.1 Å². The van der Waals surface area contributed by atoms with E-state index in [1.165, 1.54) is 9.80 Å². The van der Waals surface area contributed by atoms with Crippen molar-refractivity contribution in [2.75, 3.05) is 78.5 Å². The maximum Gasteiger partial charge on any atom is 0.242 e. The molecule has 0 rings (SSSR count). The van der Waals surface area contributed by atoms with E-state index in [1.54, 1.807) is 13.8 Å². The summed E-state index contributed by atoms with van der Waals surface area (Å²) in [6.45, 7) is 20.8. The molecule has 26 heteroatoms. The largest absolute Gasteiger partial charge is 0.370 e. The van der Waals surface area contributed by atoms with Crippen molar-refractivity contribution >= 4 is 59.1 Å². The molecule has 0 bridgehead atoms. The molecule has 0 saturated carbocycles. The van der Waals surface area contributed by atoms with Crippen LogP contribution in [0.1, 0.15) is 53.4 Å². The van der Waals surface area contributed by atoms with Gasteiger partial charge >= 0.3 is 0 Å². The first-order valence-electron chi connectivity index (χ1n) is 19.7. The van der Waals surface area contributed by atoms with Crippen LogP contribution in [0, 0.1) is 33.6 Å². The Labute approximate surface area is 440 Å². The van der Waals surface area contributed by atoms with E-state index >= 15 is 0 Å². The van der Waals surface area contributed by atoms with Crippen LogP contribution >= 0.6 is 0 Å². The minimum Gasteiger partial charge on any atom is -0.370 e. The third-order valence-corrected chi connectivity index (χ3v) is 8.83. The van der Waals surface area contributed by atoms with Gasteiger partial charge in [-0.1, -0.05) is 27.7 Å². The molecule has 7 amide bonds. The molecule has 0 aromatic heterocycles. The zero-order valence-corrected chi connectivity index (χ0v) is 46.3. The van der Waals surface area contributed by atoms with Crippen LogP contribution in [0.3, 0.4) is 0 Å². The number of carbonyl (C=O) groups is 8. The van der Waals surface area contributed by atoms with Crippen molar-refractivity contribution in [3.63, 3.8) is 0 Å². The predicted octanol–water partition coefficient (Wildman–Crippen LogP) is -3.96. The van der Waals surface area contributed by atoms with Crippen LogP contribution in [0.4, 0.5) is 0 Å². The molecule has 0 aromatic rings. The van der Waals surface area contributed by atoms with E-state index in [2.05, 4.69) is 58.9 Å². The van der Waals surface area contributed by atoms with Crippen molar-refractivity contribution in [2.24, 2.45) is 38.8 Å². The Morgan fingerprint density at radius 2 is 0.906 bits per heavy atom. The average molecular weight is 1220 g/mol. The summed E-state index contributed by atoms with van der Waals surface area (Å²) in [6.07, 6.45) is 0.979. The SMILES string of the molecule is [CH2-]C(=O)N(CCNC(=O)C(CCCN=C(N)N)N(CCNC(C)C)C([CH2-])=O)CC(=O)NCCN(C([CH2-])=O)C(CCCN=C(N)N)C(=O)NCCN(CC(=O)C(C)C)C([CH2-])=O.[Nb].[Nb].[Nb].[Nb]. The van der Waals surface area contributed by atoms with Gasteiger partial charge in [-0.3, -0.25) is 29.2 Å². The molecule has 0 aliphatic rings. The van der Waals surface area contributed by atoms with Crippen molar-refractivity contribution < 1.29 is 128 Å². The Morgan fingerprint density at radius 3 is 1.25 bits per heavy atom. The molecule has 0 aromatic carbocycles. The van der Waals surface area contributed by atoms with E-state index in [9.17, 15) is 38.4 Å². The quantitative estimate of drug-likeness (QED) is 0.0112. The van der Waals surface area contributed by atoms with Gasteiger partial charge in [0, 0.05) is 167 Å². The fourth-order valence-corrected chi connectivity index (χ4v) is 5.59. The van der Waals surface area contributed by atoms with Gasteiger partial charge in [-0.15, -0.1) is 0 Å². The molecule has 0 spiro atoms. The number of amides is 7. The number of aliphatic imine (C=N–C) groups is 2. The molecule has 22 nitrogen and oxygen atoms in total. The molecule has 362 valence electrons. The molecule has 64 heavy (non-hydrogen) atoms. The molecule has 0 aliphatic carbocycles. The minimum absolute atomic E-state index is 0. The Kier molecular flexibility index (Phi) is 42.7. The first-order chi connectivity index (χ1) is 28.1. The van der Waals surface area contributed by atoms with E-state index in [-0.39, 0.29) is 204 Å². The number of nitrogens with zero attached hydrogens (tertiary/aromatic N) is 6. The first kappa shape index (κ1) is 69.9. The number of nitrogens with one attached hydrogen (secondary N) is 4. The zero-order valence-electron chi connectivity index (χ0n) is 37.5. The van der Waals surface area contributed by atoms with Crippen LogP contribution in [-0.2, 0) is 128 Å². The van der Waals surface area contributed by atoms with Gasteiger partial charge in [0.05, 0.1) is 36.7 Å². The fourth-order valence-electron chi connectivity index (χ4n) is 5.59. The topological polar surface area (TPSA) is 326 Å². The molecule has 0 aliphatic heterocycles. The number of hydrogen-bond donors (Lipinski definition) is 8. The molecular weight excluding hydrogens is 1150 g/mol. The van der Waals surface area contributed by atoms with E-state index in [1.807, 2.05) is 13.8 Å². The molecule has 0 heterocycles. The number of Topliss-reactive ketones (excluding diaryl/α,β-unsaturated/α-hetero) is 1. The first-order valence-corrected chi connectivity index (χ1v) is 19.7. The number of guanidine groups is 2. The molecule has 12 N–H and O–H groups in total. The van der Waals surface area contributed by atoms with E-state index in [0.717, 1.165) is 9.80 Å². The number of nitrogens with two attached hydrogens (primary N) is 4. The summed E-state index contributed by atoms with van der Waals surface area (Å²) in [4.78, 5) is 114. The smallest absolute Gasteiger partial charge is 0.242 e. The number of hydrogen-bond acceptors (Lipinski definition) is 11. The molecule has 0 saturated heterocycles. The number of carbonyl (C=O) groups excluding carboxylic acids is 8. The third-order valence-electron chi connectivity index (χ3n) is 8.83. The maximum atomic E-state index is 13.4. The van der Waals surface area contributed by atoms with Gasteiger partial charge in [-0.25, -0.2) is 0 Å². The van der Waals surface area contributed by atoms with E-state index < -0.39 is 60.0 Å². The van der Waals surface area contributed by atoms with Crippen LogP contribution in [0.15, 0.2) is 9.98 Å². The maximum absolute atomic E-state index is 13.4. The monoisotopic (exact) mass is 1220 g/mol. The Balaban J connectivity index is -0.00000290. The number of rotatable bonds is 30. The Hall–Kier alpha value is -3.10. The van der Waals surface area contributed by atoms with Crippen molar-refractivity contribution in [1.29, 1.82) is 0 Å². The van der Waals surface area contributed by atoms with E-state index in [0.29, 0.717) is 13.0 Å². The van der Waals surface area contributed by atoms with Gasteiger partial charge in [-0.2, -0.15) is 0 Å². The number of ketones is 1. The summed E-state index contributed by atoms with van der Waals surface area (Å²) in [5.41, 5.74) is 21.7. The van der Waals surface area contributed by atoms with Gasteiger partial charge in [0.25, 0.3) is 0 Å². The van der Waals surface area contributed by atoms with Crippen molar-refractivity contribution in [3.8, 4) is 0 Å². The summed E-state index contributed by atoms with van der Waals surface area (Å²) in [5.74, 6) is -5.06. The summed E-state index contributed by atoms with van der Waals surface area (Å²) in [6, 6.07) is -1.87. The van der Waals surface area contributed by atoms with Gasteiger partial charge in [0.2, 0.25) is 17.7 Å². The molecule has 0 fully saturated rings. The molecule has 2 atom stereocenters.